The summed E-state index contributed by atoms with van der Waals surface area (Å²) in [5.74, 6) is 0. The molecule has 0 saturated heterocycles. The smallest absolute Gasteiger partial charge is 0.0541 e. The summed E-state index contributed by atoms with van der Waals surface area (Å²) < 4.78 is 2.40. The summed E-state index contributed by atoms with van der Waals surface area (Å²) in [4.78, 5) is 4.61. The molecular weight excluding hydrogens is 703 g/mol. The van der Waals surface area contributed by atoms with E-state index in [1.807, 2.05) is 0 Å². The lowest BCUT2D eigenvalue weighted by molar-refractivity contribution is 1.17. The number of fused-ring (bicyclic) bond motifs is 3. The summed E-state index contributed by atoms with van der Waals surface area (Å²) in [6.07, 6.45) is 0. The summed E-state index contributed by atoms with van der Waals surface area (Å²) >= 11 is 0. The van der Waals surface area contributed by atoms with Crippen LogP contribution in [0.4, 0.5) is 34.1 Å². The Labute approximate surface area is 339 Å². The minimum absolute atomic E-state index is 1.12. The minimum atomic E-state index is 1.12. The Bertz CT molecular complexity index is 2690. The van der Waals surface area contributed by atoms with Crippen LogP contribution in [-0.2, 0) is 0 Å². The molecule has 0 spiro atoms. The Morgan fingerprint density at radius 3 is 0.948 bits per heavy atom. The number of benzene rings is 9. The normalized spacial score (nSPS) is 11.2. The molecular formula is C55H41N3. The van der Waals surface area contributed by atoms with Gasteiger partial charge in [-0.05, 0) is 138 Å². The van der Waals surface area contributed by atoms with E-state index < -0.39 is 0 Å². The third-order valence-corrected chi connectivity index (χ3v) is 11.0. The molecule has 0 amide bonds. The fraction of sp³-hybridized carbons (Fsp3) is 0.0182. The van der Waals surface area contributed by atoms with Gasteiger partial charge in [-0.15, -0.1) is 0 Å². The van der Waals surface area contributed by atoms with E-state index in [0.717, 1.165) is 39.8 Å². The number of hydrogen-bond donors (Lipinski definition) is 0. The van der Waals surface area contributed by atoms with Crippen LogP contribution in [0.1, 0.15) is 5.56 Å². The molecule has 276 valence electrons. The average Bonchev–Trinajstić information content (AvgIpc) is 3.62. The molecule has 0 aliphatic heterocycles. The largest absolute Gasteiger partial charge is 0.311 e. The van der Waals surface area contributed by atoms with Crippen molar-refractivity contribution in [2.75, 3.05) is 9.80 Å². The molecule has 0 N–H and O–H groups in total. The Morgan fingerprint density at radius 1 is 0.293 bits per heavy atom. The Hall–Kier alpha value is -7.62. The zero-order valence-corrected chi connectivity index (χ0v) is 32.3. The maximum Gasteiger partial charge on any atom is 0.0541 e. The van der Waals surface area contributed by atoms with Gasteiger partial charge in [0.2, 0.25) is 0 Å². The van der Waals surface area contributed by atoms with Crippen LogP contribution in [0.5, 0.6) is 0 Å². The number of hydrogen-bond acceptors (Lipinski definition) is 2. The Balaban J connectivity index is 1.06. The molecule has 0 saturated carbocycles. The number of aryl methyl sites for hydroxylation is 1. The van der Waals surface area contributed by atoms with Crippen molar-refractivity contribution in [1.29, 1.82) is 0 Å². The number of nitrogens with zero attached hydrogens (tertiary/aromatic N) is 3. The van der Waals surface area contributed by atoms with Crippen LogP contribution in [0.2, 0.25) is 0 Å². The maximum atomic E-state index is 2.40. The predicted molar refractivity (Wildman–Crippen MR) is 246 cm³/mol. The molecule has 0 bridgehead atoms. The molecule has 0 fully saturated rings. The van der Waals surface area contributed by atoms with Crippen molar-refractivity contribution in [2.45, 2.75) is 6.92 Å². The van der Waals surface area contributed by atoms with E-state index >= 15 is 0 Å². The van der Waals surface area contributed by atoms with Crippen molar-refractivity contribution in [1.82, 2.24) is 4.57 Å². The van der Waals surface area contributed by atoms with Gasteiger partial charge in [0.1, 0.15) is 0 Å². The summed E-state index contributed by atoms with van der Waals surface area (Å²) in [5, 5.41) is 2.45. The molecule has 1 aromatic heterocycles. The first-order valence-electron chi connectivity index (χ1n) is 19.8. The molecule has 1 heterocycles. The highest BCUT2D eigenvalue weighted by molar-refractivity contribution is 6.11. The molecule has 58 heavy (non-hydrogen) atoms. The lowest BCUT2D eigenvalue weighted by Crippen LogP contribution is -2.09. The van der Waals surface area contributed by atoms with Crippen LogP contribution >= 0.6 is 0 Å². The SMILES string of the molecule is Cc1ccc(-n2c3ccc(-c4ccc(N(c5ccccc5)c5ccccc5)cc4)cc3c3cc(-c4ccc(N(c5ccccc5)c5ccccc5)cc4)ccc32)cc1. The third-order valence-electron chi connectivity index (χ3n) is 11.0. The van der Waals surface area contributed by atoms with Crippen LogP contribution < -0.4 is 9.80 Å². The van der Waals surface area contributed by atoms with Crippen LogP contribution in [0.15, 0.2) is 231 Å². The van der Waals surface area contributed by atoms with E-state index in [1.54, 1.807) is 0 Å². The second-order valence-electron chi connectivity index (χ2n) is 14.7. The highest BCUT2D eigenvalue weighted by Crippen LogP contribution is 2.40. The summed E-state index contributed by atoms with van der Waals surface area (Å²) in [7, 11) is 0. The van der Waals surface area contributed by atoms with Crippen LogP contribution in [0.3, 0.4) is 0 Å². The predicted octanol–water partition coefficient (Wildman–Crippen LogP) is 15.4. The van der Waals surface area contributed by atoms with E-state index in [0.29, 0.717) is 0 Å². The first-order valence-corrected chi connectivity index (χ1v) is 19.8. The molecule has 0 aliphatic rings. The average molecular weight is 744 g/mol. The molecule has 0 radical (unpaired) electrons. The summed E-state index contributed by atoms with van der Waals surface area (Å²) in [6.45, 7) is 2.14. The van der Waals surface area contributed by atoms with Gasteiger partial charge in [-0.1, -0.05) is 127 Å². The first kappa shape index (κ1) is 34.8. The van der Waals surface area contributed by atoms with Crippen LogP contribution in [0.25, 0.3) is 49.7 Å². The van der Waals surface area contributed by atoms with Gasteiger partial charge >= 0.3 is 0 Å². The van der Waals surface area contributed by atoms with Gasteiger partial charge in [0, 0.05) is 50.6 Å². The Kier molecular flexibility index (Phi) is 9.09. The zero-order valence-electron chi connectivity index (χ0n) is 32.3. The maximum absolute atomic E-state index is 2.40. The minimum Gasteiger partial charge on any atom is -0.311 e. The van der Waals surface area contributed by atoms with Crippen LogP contribution in [-0.4, -0.2) is 4.57 Å². The van der Waals surface area contributed by atoms with Crippen molar-refractivity contribution in [3.8, 4) is 27.9 Å². The number of para-hydroxylation sites is 4. The Morgan fingerprint density at radius 2 is 0.603 bits per heavy atom. The highest BCUT2D eigenvalue weighted by Gasteiger charge is 2.17. The number of anilines is 6. The highest BCUT2D eigenvalue weighted by atomic mass is 15.1. The van der Waals surface area contributed by atoms with Gasteiger partial charge in [0.05, 0.1) is 11.0 Å². The van der Waals surface area contributed by atoms with Gasteiger partial charge in [-0.3, -0.25) is 0 Å². The van der Waals surface area contributed by atoms with E-state index in [9.17, 15) is 0 Å². The van der Waals surface area contributed by atoms with Gasteiger partial charge < -0.3 is 14.4 Å². The van der Waals surface area contributed by atoms with Gasteiger partial charge in [-0.2, -0.15) is 0 Å². The quantitative estimate of drug-likeness (QED) is 0.146. The van der Waals surface area contributed by atoms with Gasteiger partial charge in [-0.25, -0.2) is 0 Å². The van der Waals surface area contributed by atoms with Crippen molar-refractivity contribution in [3.05, 3.63) is 236 Å². The number of aromatic nitrogens is 1. The number of rotatable bonds is 9. The monoisotopic (exact) mass is 743 g/mol. The molecule has 0 aliphatic carbocycles. The lowest BCUT2D eigenvalue weighted by Gasteiger charge is -2.25. The van der Waals surface area contributed by atoms with Crippen LogP contribution in [0, 0.1) is 6.92 Å². The first-order chi connectivity index (χ1) is 28.7. The van der Waals surface area contributed by atoms with Crippen molar-refractivity contribution < 1.29 is 0 Å². The topological polar surface area (TPSA) is 11.4 Å². The molecule has 0 unspecified atom stereocenters. The molecule has 9 aromatic carbocycles. The second kappa shape index (κ2) is 15.1. The fourth-order valence-electron chi connectivity index (χ4n) is 8.16. The molecule has 0 atom stereocenters. The van der Waals surface area contributed by atoms with E-state index in [4.69, 9.17) is 0 Å². The standard InChI is InChI=1S/C55H41N3/c1-40-22-30-51(31-23-40)58-54-36-28-43(41-24-32-49(33-25-41)56(45-14-6-2-7-15-45)46-16-8-3-9-17-46)38-52(54)53-39-44(29-37-55(53)58)42-26-34-50(35-27-42)57(47-18-10-4-11-19-47)48-20-12-5-13-21-48/h2-39H,1H3. The van der Waals surface area contributed by atoms with E-state index in [-0.39, 0.29) is 0 Å². The van der Waals surface area contributed by atoms with Crippen molar-refractivity contribution >= 4 is 55.9 Å². The second-order valence-corrected chi connectivity index (χ2v) is 14.7. The van der Waals surface area contributed by atoms with Gasteiger partial charge in [0.15, 0.2) is 0 Å². The fourth-order valence-corrected chi connectivity index (χ4v) is 8.16. The van der Waals surface area contributed by atoms with Crippen molar-refractivity contribution in [2.24, 2.45) is 0 Å². The summed E-state index contributed by atoms with van der Waals surface area (Å²) in [5.41, 5.74) is 16.2. The molecule has 10 aromatic rings. The molecule has 3 heteroatoms. The molecule has 10 rings (SSSR count). The van der Waals surface area contributed by atoms with E-state index in [1.165, 1.54) is 49.6 Å². The summed E-state index contributed by atoms with van der Waals surface area (Å²) in [6, 6.07) is 82.8. The zero-order chi connectivity index (χ0) is 38.8. The van der Waals surface area contributed by atoms with Crippen molar-refractivity contribution in [3.63, 3.8) is 0 Å². The molecule has 3 nitrogen and oxygen atoms in total. The van der Waals surface area contributed by atoms with Gasteiger partial charge in [0.25, 0.3) is 0 Å². The van der Waals surface area contributed by atoms with E-state index in [2.05, 4.69) is 252 Å². The lowest BCUT2D eigenvalue weighted by atomic mass is 9.99. The third kappa shape index (κ3) is 6.59.